The summed E-state index contributed by atoms with van der Waals surface area (Å²) in [6, 6.07) is 9.00. The first kappa shape index (κ1) is 34.7. The topological polar surface area (TPSA) is 175 Å². The van der Waals surface area contributed by atoms with Gasteiger partial charge in [0, 0.05) is 24.7 Å². The van der Waals surface area contributed by atoms with E-state index < -0.39 is 43.1 Å². The van der Waals surface area contributed by atoms with Gasteiger partial charge in [-0.25, -0.2) is 9.59 Å². The van der Waals surface area contributed by atoms with E-state index in [2.05, 4.69) is 15.6 Å². The second-order valence-corrected chi connectivity index (χ2v) is 13.6. The van der Waals surface area contributed by atoms with E-state index in [4.69, 9.17) is 18.9 Å². The van der Waals surface area contributed by atoms with Crippen molar-refractivity contribution >= 4 is 31.4 Å². The molecule has 0 radical (unpaired) electrons. The molecule has 232 valence electrons. The first-order valence-corrected chi connectivity index (χ1v) is 15.2. The van der Waals surface area contributed by atoms with Crippen LogP contribution in [-0.2, 0) is 47.5 Å². The van der Waals surface area contributed by atoms with Crippen LogP contribution in [0.3, 0.4) is 0 Å². The van der Waals surface area contributed by atoms with Crippen molar-refractivity contribution < 1.29 is 37.8 Å². The molecule has 2 rings (SSSR count). The number of carbonyl (C=O) groups is 3. The van der Waals surface area contributed by atoms with Crippen molar-refractivity contribution in [2.75, 3.05) is 18.0 Å². The van der Waals surface area contributed by atoms with Crippen molar-refractivity contribution in [3.63, 3.8) is 0 Å². The largest absolute Gasteiger partial charge is 0.480 e. The van der Waals surface area contributed by atoms with Gasteiger partial charge in [-0.2, -0.15) is 4.98 Å². The number of carboxylic acids is 1. The highest BCUT2D eigenvalue weighted by atomic mass is 31.2. The Morgan fingerprint density at radius 3 is 2.21 bits per heavy atom. The third kappa shape index (κ3) is 13.4. The van der Waals surface area contributed by atoms with E-state index in [1.54, 1.807) is 65.8 Å². The fraction of sp³-hybridized carbons (Fsp3) is 0.536. The standard InChI is InChI=1S/C28H41N4O9P/c1-27(2,3)40-42(38,41-28(4,5)6)16-14-22(33)29-15-10-13-21-17-32(18-23(34)35)25(36)30-24(21)31-26(37)39-19-20-11-8-7-9-12-20/h7-9,11-12,17H,10,13-16,18-19H2,1-6H3,(H,29,33)(H,34,35)(H,30,31,36,37). The highest BCUT2D eigenvalue weighted by molar-refractivity contribution is 7.54. The van der Waals surface area contributed by atoms with Gasteiger partial charge in [-0.1, -0.05) is 30.3 Å². The van der Waals surface area contributed by atoms with Gasteiger partial charge in [0.1, 0.15) is 19.0 Å². The SMILES string of the molecule is CC(C)(C)OP(=O)(CCC(=O)NCCCc1cn(CC(=O)O)c(=O)nc1NC(=O)OCc1ccccc1)OC(C)(C)C. The molecule has 0 bridgehead atoms. The number of benzene rings is 1. The molecule has 1 heterocycles. The van der Waals surface area contributed by atoms with Crippen LogP contribution >= 0.6 is 7.60 Å². The molecule has 42 heavy (non-hydrogen) atoms. The molecule has 13 nitrogen and oxygen atoms in total. The smallest absolute Gasteiger partial charge is 0.413 e. The molecule has 0 atom stereocenters. The van der Waals surface area contributed by atoms with Crippen LogP contribution in [0, 0.1) is 0 Å². The predicted molar refractivity (Wildman–Crippen MR) is 156 cm³/mol. The third-order valence-corrected chi connectivity index (χ3v) is 7.61. The highest BCUT2D eigenvalue weighted by Crippen LogP contribution is 2.54. The molecule has 0 spiro atoms. The van der Waals surface area contributed by atoms with Crippen LogP contribution in [0.1, 0.15) is 65.5 Å². The quantitative estimate of drug-likeness (QED) is 0.207. The Hall–Kier alpha value is -3.54. The van der Waals surface area contributed by atoms with E-state index in [0.717, 1.165) is 10.1 Å². The van der Waals surface area contributed by atoms with Gasteiger partial charge in [0.05, 0.1) is 17.4 Å². The molecule has 0 saturated heterocycles. The lowest BCUT2D eigenvalue weighted by molar-refractivity contribution is -0.137. The summed E-state index contributed by atoms with van der Waals surface area (Å²) in [4.78, 5) is 52.2. The maximum Gasteiger partial charge on any atom is 0.413 e. The fourth-order valence-corrected chi connectivity index (χ4v) is 6.09. The van der Waals surface area contributed by atoms with Gasteiger partial charge in [-0.05, 0) is 59.9 Å². The summed E-state index contributed by atoms with van der Waals surface area (Å²) in [5.41, 5.74) is -1.18. The average molecular weight is 609 g/mol. The summed E-state index contributed by atoms with van der Waals surface area (Å²) in [7, 11) is -3.57. The number of aryl methyl sites for hydroxylation is 1. The van der Waals surface area contributed by atoms with E-state index in [0.29, 0.717) is 12.0 Å². The summed E-state index contributed by atoms with van der Waals surface area (Å²) in [5, 5.41) is 14.3. The molecule has 1 aromatic carbocycles. The van der Waals surface area contributed by atoms with Crippen molar-refractivity contribution in [3.05, 3.63) is 58.1 Å². The highest BCUT2D eigenvalue weighted by Gasteiger charge is 2.35. The van der Waals surface area contributed by atoms with Crippen molar-refractivity contribution in [2.45, 2.75) is 85.2 Å². The molecule has 3 N–H and O–H groups in total. The van der Waals surface area contributed by atoms with Gasteiger partial charge in [-0.3, -0.25) is 24.0 Å². The van der Waals surface area contributed by atoms with Crippen LogP contribution in [0.25, 0.3) is 0 Å². The number of nitrogens with zero attached hydrogens (tertiary/aromatic N) is 2. The van der Waals surface area contributed by atoms with Crippen LogP contribution < -0.4 is 16.3 Å². The number of hydrogen-bond acceptors (Lipinski definition) is 9. The van der Waals surface area contributed by atoms with E-state index in [1.165, 1.54) is 6.20 Å². The van der Waals surface area contributed by atoms with Crippen LogP contribution in [0.4, 0.5) is 10.6 Å². The molecule has 2 aromatic rings. The summed E-state index contributed by atoms with van der Waals surface area (Å²) in [5.74, 6) is -1.66. The Morgan fingerprint density at radius 1 is 1.02 bits per heavy atom. The second kappa shape index (κ2) is 15.1. The molecule has 2 amide bonds. The summed E-state index contributed by atoms with van der Waals surface area (Å²) in [6.07, 6.45) is 0.879. The van der Waals surface area contributed by atoms with Crippen LogP contribution in [0.5, 0.6) is 0 Å². The first-order chi connectivity index (χ1) is 19.4. The maximum absolute atomic E-state index is 13.3. The van der Waals surface area contributed by atoms with E-state index >= 15 is 0 Å². The molecular formula is C28H41N4O9P. The molecule has 0 aliphatic rings. The number of aliphatic carboxylic acids is 1. The number of anilines is 1. The molecular weight excluding hydrogens is 567 g/mol. The summed E-state index contributed by atoms with van der Waals surface area (Å²) < 4.78 is 30.8. The van der Waals surface area contributed by atoms with E-state index in [9.17, 15) is 23.7 Å². The van der Waals surface area contributed by atoms with Crippen LogP contribution in [0.15, 0.2) is 41.3 Å². The Balaban J connectivity index is 2.00. The second-order valence-electron chi connectivity index (χ2n) is 11.6. The normalized spacial score (nSPS) is 12.0. The van der Waals surface area contributed by atoms with Gasteiger partial charge < -0.3 is 24.2 Å². The first-order valence-electron chi connectivity index (χ1n) is 13.5. The molecule has 0 fully saturated rings. The minimum absolute atomic E-state index is 0.00135. The van der Waals surface area contributed by atoms with Crippen LogP contribution in [0.2, 0.25) is 0 Å². The molecule has 14 heteroatoms. The lowest BCUT2D eigenvalue weighted by atomic mass is 10.1. The van der Waals surface area contributed by atoms with E-state index in [1.807, 2.05) is 6.07 Å². The number of nitrogens with one attached hydrogen (secondary N) is 2. The lowest BCUT2D eigenvalue weighted by Crippen LogP contribution is -2.30. The number of rotatable bonds is 14. The van der Waals surface area contributed by atoms with Crippen molar-refractivity contribution in [1.29, 1.82) is 0 Å². The zero-order valence-corrected chi connectivity index (χ0v) is 25.9. The maximum atomic E-state index is 13.3. The Bertz CT molecular complexity index is 1310. The number of aromatic nitrogens is 2. The monoisotopic (exact) mass is 608 g/mol. The van der Waals surface area contributed by atoms with Gasteiger partial charge in [0.25, 0.3) is 0 Å². The zero-order valence-electron chi connectivity index (χ0n) is 25.0. The van der Waals surface area contributed by atoms with Gasteiger partial charge in [-0.15, -0.1) is 0 Å². The Labute approximate surface area is 245 Å². The van der Waals surface area contributed by atoms with Gasteiger partial charge >= 0.3 is 25.3 Å². The third-order valence-electron chi connectivity index (χ3n) is 5.19. The van der Waals surface area contributed by atoms with Crippen molar-refractivity contribution in [3.8, 4) is 0 Å². The van der Waals surface area contributed by atoms with Crippen molar-refractivity contribution in [1.82, 2.24) is 14.9 Å². The molecule has 0 aliphatic carbocycles. The lowest BCUT2D eigenvalue weighted by Gasteiger charge is -2.32. The van der Waals surface area contributed by atoms with Crippen molar-refractivity contribution in [2.24, 2.45) is 0 Å². The molecule has 0 aliphatic heterocycles. The Morgan fingerprint density at radius 2 is 1.64 bits per heavy atom. The Kier molecular flexibility index (Phi) is 12.4. The molecule has 0 saturated carbocycles. The summed E-state index contributed by atoms with van der Waals surface area (Å²) >= 11 is 0. The minimum Gasteiger partial charge on any atom is -0.480 e. The summed E-state index contributed by atoms with van der Waals surface area (Å²) in [6.45, 7) is 10.1. The molecule has 1 aromatic heterocycles. The average Bonchev–Trinajstić information content (AvgIpc) is 2.84. The molecule has 0 unspecified atom stereocenters. The predicted octanol–water partition coefficient (Wildman–Crippen LogP) is 4.34. The number of hydrogen-bond donors (Lipinski definition) is 3. The van der Waals surface area contributed by atoms with Gasteiger partial charge in [0.15, 0.2) is 0 Å². The fourth-order valence-electron chi connectivity index (χ4n) is 3.72. The zero-order chi connectivity index (χ0) is 31.6. The van der Waals surface area contributed by atoms with Gasteiger partial charge in [0.2, 0.25) is 5.91 Å². The number of ether oxygens (including phenoxy) is 1. The number of amides is 2. The minimum atomic E-state index is -3.57. The van der Waals surface area contributed by atoms with E-state index in [-0.39, 0.29) is 43.9 Å². The van der Waals surface area contributed by atoms with Crippen LogP contribution in [-0.4, -0.2) is 56.5 Å². The number of carbonyl (C=O) groups excluding carboxylic acids is 2. The number of carboxylic acid groups (broad SMARTS) is 1.